The Balaban J connectivity index is 0.000000505. The van der Waals surface area contributed by atoms with E-state index in [0.717, 1.165) is 0 Å². The van der Waals surface area contributed by atoms with Crippen LogP contribution in [0, 0.1) is 11.8 Å². The van der Waals surface area contributed by atoms with E-state index in [9.17, 15) is 32.3 Å². The van der Waals surface area contributed by atoms with Gasteiger partial charge in [-0.25, -0.2) is 9.59 Å². The number of Topliss-reactive ketones (excluding diaryl/α,β-unsaturated/α-hetero) is 1. The molecule has 0 aliphatic carbocycles. The van der Waals surface area contributed by atoms with Crippen molar-refractivity contribution >= 4 is 46.5 Å². The number of carboxylic acid groups (broad SMARTS) is 1. The molecule has 0 saturated carbocycles. The van der Waals surface area contributed by atoms with Crippen molar-refractivity contribution in [1.29, 1.82) is 0 Å². The smallest absolute Gasteiger partial charge is 0.475 e. The van der Waals surface area contributed by atoms with Gasteiger partial charge in [0.25, 0.3) is 0 Å². The fourth-order valence-corrected chi connectivity index (χ4v) is 6.23. The molecular weight excluding hydrogens is 531 g/mol. The van der Waals surface area contributed by atoms with E-state index < -0.39 is 41.5 Å². The van der Waals surface area contributed by atoms with Gasteiger partial charge in [-0.05, 0) is 13.3 Å². The number of carbonyl (C=O) groups is 5. The summed E-state index contributed by atoms with van der Waals surface area (Å²) in [6.45, 7) is 4.14. The van der Waals surface area contributed by atoms with Gasteiger partial charge in [-0.1, -0.05) is 49.0 Å². The number of fused-ring (bicyclic) bond motifs is 3. The summed E-state index contributed by atoms with van der Waals surface area (Å²) in [7, 11) is 1.29. The van der Waals surface area contributed by atoms with Crippen LogP contribution in [-0.2, 0) is 23.9 Å². The minimum atomic E-state index is -5.08. The highest BCUT2D eigenvalue weighted by Crippen LogP contribution is 2.53. The van der Waals surface area contributed by atoms with Crippen molar-refractivity contribution in [1.82, 2.24) is 9.80 Å². The molecule has 2 fully saturated rings. The maximum Gasteiger partial charge on any atom is 0.490 e. The second kappa shape index (κ2) is 11.1. The van der Waals surface area contributed by atoms with E-state index >= 15 is 0 Å². The van der Waals surface area contributed by atoms with Gasteiger partial charge in [0.05, 0.1) is 37.3 Å². The summed E-state index contributed by atoms with van der Waals surface area (Å²) >= 11 is 1.24. The molecule has 0 spiro atoms. The Morgan fingerprint density at radius 3 is 2.26 bits per heavy atom. The van der Waals surface area contributed by atoms with Crippen LogP contribution in [0.5, 0.6) is 0 Å². The van der Waals surface area contributed by atoms with Crippen LogP contribution in [0.4, 0.5) is 13.2 Å². The number of benzene rings is 1. The third-order valence-electron chi connectivity index (χ3n) is 6.82. The number of halogens is 3. The highest BCUT2D eigenvalue weighted by atomic mass is 32.2. The molecule has 0 radical (unpaired) electrons. The first-order valence-electron chi connectivity index (χ1n) is 11.6. The van der Waals surface area contributed by atoms with Crippen molar-refractivity contribution < 1.29 is 47.0 Å². The Bertz CT molecular complexity index is 1160. The first-order chi connectivity index (χ1) is 17.9. The lowest BCUT2D eigenvalue weighted by Crippen LogP contribution is -2.59. The molecule has 4 rings (SSSR count). The zero-order chi connectivity index (χ0) is 28.4. The molecule has 4 atom stereocenters. The van der Waals surface area contributed by atoms with Crippen molar-refractivity contribution in [3.63, 3.8) is 0 Å². The molecule has 1 aromatic rings. The second-order valence-electron chi connectivity index (χ2n) is 8.63. The van der Waals surface area contributed by atoms with Crippen LogP contribution in [0.3, 0.4) is 0 Å². The van der Waals surface area contributed by atoms with E-state index in [-0.39, 0.29) is 29.9 Å². The summed E-state index contributed by atoms with van der Waals surface area (Å²) in [5.41, 5.74) is -0.708. The Hall–Kier alpha value is -3.42. The topological polar surface area (TPSA) is 134 Å². The molecule has 1 N–H and O–H groups in total. The predicted molar refractivity (Wildman–Crippen MR) is 129 cm³/mol. The number of carboxylic acids is 1. The number of likely N-dealkylation sites (tertiary alicyclic amines) is 1. The number of carbonyl (C=O) groups excluding carboxylic acids is 4. The SMILES string of the molecule is CCN1C(=O)[C@H]2[C@H]3CN=C(SCC(=O)c4ccccc4)N3[C@@](CC)(C(=O)OC)[C@H]2C1=O.O=C(O)C(F)(F)F. The van der Waals surface area contributed by atoms with Crippen LogP contribution in [0.15, 0.2) is 35.3 Å². The zero-order valence-corrected chi connectivity index (χ0v) is 21.5. The van der Waals surface area contributed by atoms with Crippen molar-refractivity contribution in [3.05, 3.63) is 35.9 Å². The molecule has 0 bridgehead atoms. The van der Waals surface area contributed by atoms with Crippen LogP contribution in [0.25, 0.3) is 0 Å². The number of rotatable bonds is 6. The molecule has 3 aliphatic heterocycles. The number of amides is 2. The summed E-state index contributed by atoms with van der Waals surface area (Å²) in [6.07, 6.45) is -4.79. The number of hydrogen-bond donors (Lipinski definition) is 1. The quantitative estimate of drug-likeness (QED) is 0.318. The monoisotopic (exact) mass is 557 g/mol. The first-order valence-corrected chi connectivity index (χ1v) is 12.6. The van der Waals surface area contributed by atoms with Crippen LogP contribution in [0.2, 0.25) is 0 Å². The molecule has 3 aliphatic rings. The number of esters is 1. The van der Waals surface area contributed by atoms with Gasteiger partial charge >= 0.3 is 18.1 Å². The minimum absolute atomic E-state index is 0.0550. The second-order valence-corrected chi connectivity index (χ2v) is 9.58. The van der Waals surface area contributed by atoms with Gasteiger partial charge in [-0.2, -0.15) is 13.2 Å². The lowest BCUT2D eigenvalue weighted by Gasteiger charge is -2.39. The molecule has 1 aromatic carbocycles. The predicted octanol–water partition coefficient (Wildman–Crippen LogP) is 2.23. The van der Waals surface area contributed by atoms with Crippen molar-refractivity contribution in [2.45, 2.75) is 38.0 Å². The number of hydrogen-bond acceptors (Lipinski definition) is 9. The van der Waals surface area contributed by atoms with Crippen LogP contribution in [-0.4, -0.2) is 93.3 Å². The molecule has 2 saturated heterocycles. The normalized spacial score (nSPS) is 25.8. The number of nitrogens with zero attached hydrogens (tertiary/aromatic N) is 3. The van der Waals surface area contributed by atoms with E-state index in [1.54, 1.807) is 36.1 Å². The first kappa shape index (κ1) is 29.1. The molecule has 0 aromatic heterocycles. The molecule has 206 valence electrons. The molecule has 10 nitrogen and oxygen atoms in total. The Kier molecular flexibility index (Phi) is 8.54. The van der Waals surface area contributed by atoms with Gasteiger partial charge in [0.15, 0.2) is 16.5 Å². The molecular formula is C24H26F3N3O7S. The highest BCUT2D eigenvalue weighted by Gasteiger charge is 2.73. The number of aliphatic imine (C=N–C) groups is 1. The molecule has 0 unspecified atom stereocenters. The lowest BCUT2D eigenvalue weighted by molar-refractivity contribution is -0.192. The third kappa shape index (κ3) is 4.88. The van der Waals surface area contributed by atoms with Gasteiger partial charge in [0, 0.05) is 12.1 Å². The number of ketones is 1. The van der Waals surface area contributed by atoms with Gasteiger partial charge in [-0.3, -0.25) is 24.3 Å². The standard InChI is InChI=1S/C22H25N3O5S.C2HF3O2/c1-4-22(20(29)30-3)17-16(18(27)24(5-2)19(17)28)14-11-23-21(25(14)22)31-12-15(26)13-9-7-6-8-10-13;3-2(4,5)1(6)7/h6-10,14,16-17H,4-5,11-12H2,1-3H3;(H,6,7)/t14-,16+,17-,22-;/m1./s1. The summed E-state index contributed by atoms with van der Waals surface area (Å²) in [4.78, 5) is 68.5. The number of ether oxygens (including phenoxy) is 1. The molecule has 38 heavy (non-hydrogen) atoms. The average molecular weight is 558 g/mol. The van der Waals surface area contributed by atoms with Gasteiger partial charge in [-0.15, -0.1) is 0 Å². The van der Waals surface area contributed by atoms with Crippen molar-refractivity contribution in [3.8, 4) is 0 Å². The van der Waals surface area contributed by atoms with Gasteiger partial charge < -0.3 is 14.7 Å². The van der Waals surface area contributed by atoms with E-state index in [2.05, 4.69) is 4.99 Å². The van der Waals surface area contributed by atoms with E-state index in [1.165, 1.54) is 23.8 Å². The molecule has 3 heterocycles. The highest BCUT2D eigenvalue weighted by molar-refractivity contribution is 8.14. The zero-order valence-electron chi connectivity index (χ0n) is 20.7. The number of methoxy groups -OCH3 is 1. The summed E-state index contributed by atoms with van der Waals surface area (Å²) in [5, 5.41) is 7.64. The fourth-order valence-electron chi connectivity index (χ4n) is 5.20. The third-order valence-corrected chi connectivity index (χ3v) is 7.81. The Morgan fingerprint density at radius 1 is 1.16 bits per heavy atom. The van der Waals surface area contributed by atoms with Crippen molar-refractivity contribution in [2.75, 3.05) is 26.0 Å². The van der Waals surface area contributed by atoms with Crippen LogP contribution in [0.1, 0.15) is 30.6 Å². The van der Waals surface area contributed by atoms with Crippen LogP contribution < -0.4 is 0 Å². The van der Waals surface area contributed by atoms with Gasteiger partial charge in [0.2, 0.25) is 11.8 Å². The summed E-state index contributed by atoms with van der Waals surface area (Å²) in [6, 6.07) is 8.56. The van der Waals surface area contributed by atoms with E-state index in [1.807, 2.05) is 13.0 Å². The molecule has 2 amide bonds. The van der Waals surface area contributed by atoms with E-state index in [0.29, 0.717) is 23.7 Å². The Morgan fingerprint density at radius 2 is 1.76 bits per heavy atom. The summed E-state index contributed by atoms with van der Waals surface area (Å²) in [5.74, 6) is -5.25. The number of imide groups is 1. The lowest BCUT2D eigenvalue weighted by atomic mass is 9.78. The van der Waals surface area contributed by atoms with Crippen LogP contribution >= 0.6 is 11.8 Å². The molecule has 14 heteroatoms. The maximum atomic E-state index is 13.2. The average Bonchev–Trinajstić information content (AvgIpc) is 3.51. The number of thioether (sulfide) groups is 1. The number of alkyl halides is 3. The Labute approximate surface area is 220 Å². The summed E-state index contributed by atoms with van der Waals surface area (Å²) < 4.78 is 36.9. The number of amidine groups is 1. The minimum Gasteiger partial charge on any atom is -0.475 e. The number of aliphatic carboxylic acids is 1. The van der Waals surface area contributed by atoms with Gasteiger partial charge in [0.1, 0.15) is 0 Å². The largest absolute Gasteiger partial charge is 0.490 e. The fraction of sp³-hybridized carbons (Fsp3) is 0.500. The van der Waals surface area contributed by atoms with Crippen molar-refractivity contribution in [2.24, 2.45) is 16.8 Å². The maximum absolute atomic E-state index is 13.2. The van der Waals surface area contributed by atoms with E-state index in [4.69, 9.17) is 14.6 Å².